The lowest BCUT2D eigenvalue weighted by atomic mass is 10.1. The Bertz CT molecular complexity index is 920. The molecule has 0 bridgehead atoms. The SMILES string of the molecule is CN1CCN(C(=O)CSc2nc(-c3ccccc3)cc(C(F)(F)F)c2C#N)CC1. The molecule has 0 atom stereocenters. The Morgan fingerprint density at radius 3 is 2.45 bits per heavy atom. The largest absolute Gasteiger partial charge is 0.417 e. The molecule has 152 valence electrons. The number of nitrogens with zero attached hydrogens (tertiary/aromatic N) is 4. The maximum atomic E-state index is 13.6. The lowest BCUT2D eigenvalue weighted by Gasteiger charge is -2.32. The van der Waals surface area contributed by atoms with Gasteiger partial charge in [0.1, 0.15) is 11.1 Å². The predicted octanol–water partition coefficient (Wildman–Crippen LogP) is 3.51. The van der Waals surface area contributed by atoms with Crippen molar-refractivity contribution in [2.75, 3.05) is 39.0 Å². The number of rotatable bonds is 4. The number of aromatic nitrogens is 1. The Hall–Kier alpha value is -2.57. The van der Waals surface area contributed by atoms with E-state index in [1.807, 2.05) is 7.05 Å². The Morgan fingerprint density at radius 2 is 1.86 bits per heavy atom. The normalized spacial score (nSPS) is 15.2. The first-order chi connectivity index (χ1) is 13.8. The number of carbonyl (C=O) groups is 1. The van der Waals surface area contributed by atoms with Crippen molar-refractivity contribution >= 4 is 17.7 Å². The second kappa shape index (κ2) is 8.84. The number of alkyl halides is 3. The van der Waals surface area contributed by atoms with Crippen molar-refractivity contribution in [3.8, 4) is 17.3 Å². The van der Waals surface area contributed by atoms with Crippen LogP contribution in [0.15, 0.2) is 41.4 Å². The van der Waals surface area contributed by atoms with Gasteiger partial charge in [0.15, 0.2) is 0 Å². The lowest BCUT2D eigenvalue weighted by Crippen LogP contribution is -2.47. The first kappa shape index (κ1) is 21.1. The third kappa shape index (κ3) is 5.08. The van der Waals surface area contributed by atoms with Gasteiger partial charge in [-0.25, -0.2) is 4.98 Å². The zero-order chi connectivity index (χ0) is 21.0. The summed E-state index contributed by atoms with van der Waals surface area (Å²) < 4.78 is 40.7. The second-order valence-corrected chi connectivity index (χ2v) is 7.65. The van der Waals surface area contributed by atoms with E-state index in [2.05, 4.69) is 9.88 Å². The summed E-state index contributed by atoms with van der Waals surface area (Å²) in [6.45, 7) is 2.65. The minimum Gasteiger partial charge on any atom is -0.339 e. The van der Waals surface area contributed by atoms with Crippen LogP contribution >= 0.6 is 11.8 Å². The summed E-state index contributed by atoms with van der Waals surface area (Å²) in [5.41, 5.74) is -0.960. The molecule has 0 radical (unpaired) electrons. The summed E-state index contributed by atoms with van der Waals surface area (Å²) in [7, 11) is 1.97. The summed E-state index contributed by atoms with van der Waals surface area (Å²) in [6, 6.07) is 11.0. The molecular formula is C20H19F3N4OS. The third-order valence-electron chi connectivity index (χ3n) is 4.66. The number of hydrogen-bond acceptors (Lipinski definition) is 5. The summed E-state index contributed by atoms with van der Waals surface area (Å²) in [6.07, 6.45) is -4.70. The summed E-state index contributed by atoms with van der Waals surface area (Å²) in [5.74, 6) is -0.242. The first-order valence-electron chi connectivity index (χ1n) is 8.96. The van der Waals surface area contributed by atoms with Gasteiger partial charge in [-0.05, 0) is 13.1 Å². The Balaban J connectivity index is 1.90. The van der Waals surface area contributed by atoms with E-state index >= 15 is 0 Å². The molecule has 0 spiro atoms. The van der Waals surface area contributed by atoms with Crippen LogP contribution in [0.25, 0.3) is 11.3 Å². The van der Waals surface area contributed by atoms with Crippen LogP contribution in [0.4, 0.5) is 13.2 Å². The van der Waals surface area contributed by atoms with Crippen LogP contribution in [0.5, 0.6) is 0 Å². The van der Waals surface area contributed by atoms with E-state index in [0.717, 1.165) is 30.9 Å². The number of piperazine rings is 1. The van der Waals surface area contributed by atoms with Gasteiger partial charge in [-0.15, -0.1) is 0 Å². The van der Waals surface area contributed by atoms with Gasteiger partial charge >= 0.3 is 6.18 Å². The van der Waals surface area contributed by atoms with Crippen molar-refractivity contribution in [1.29, 1.82) is 5.26 Å². The smallest absolute Gasteiger partial charge is 0.339 e. The fraction of sp³-hybridized carbons (Fsp3) is 0.350. The molecule has 2 heterocycles. The van der Waals surface area contributed by atoms with E-state index in [1.165, 1.54) is 0 Å². The number of thioether (sulfide) groups is 1. The van der Waals surface area contributed by atoms with Gasteiger partial charge in [-0.1, -0.05) is 42.1 Å². The summed E-state index contributed by atoms with van der Waals surface area (Å²) in [5, 5.41) is 9.28. The zero-order valence-electron chi connectivity index (χ0n) is 15.7. The zero-order valence-corrected chi connectivity index (χ0v) is 16.6. The maximum absolute atomic E-state index is 13.6. The van der Waals surface area contributed by atoms with E-state index in [0.29, 0.717) is 18.7 Å². The molecule has 29 heavy (non-hydrogen) atoms. The van der Waals surface area contributed by atoms with Gasteiger partial charge in [-0.3, -0.25) is 4.79 Å². The quantitative estimate of drug-likeness (QED) is 0.709. The molecular weight excluding hydrogens is 401 g/mol. The predicted molar refractivity (Wildman–Crippen MR) is 104 cm³/mol. The van der Waals surface area contributed by atoms with Crippen LogP contribution in [-0.4, -0.2) is 59.7 Å². The van der Waals surface area contributed by atoms with Crippen molar-refractivity contribution in [2.24, 2.45) is 0 Å². The molecule has 1 aromatic heterocycles. The minimum atomic E-state index is -4.70. The van der Waals surface area contributed by atoms with Gasteiger partial charge in [0.25, 0.3) is 0 Å². The van der Waals surface area contributed by atoms with E-state index in [1.54, 1.807) is 41.3 Å². The number of carbonyl (C=O) groups excluding carboxylic acids is 1. The van der Waals surface area contributed by atoms with Crippen molar-refractivity contribution in [3.63, 3.8) is 0 Å². The molecule has 3 rings (SSSR count). The fourth-order valence-corrected chi connectivity index (χ4v) is 3.90. The van der Waals surface area contributed by atoms with E-state index in [9.17, 15) is 23.2 Å². The highest BCUT2D eigenvalue weighted by atomic mass is 32.2. The van der Waals surface area contributed by atoms with Crippen LogP contribution in [0, 0.1) is 11.3 Å². The number of hydrogen-bond donors (Lipinski definition) is 0. The molecule has 9 heteroatoms. The van der Waals surface area contributed by atoms with Gasteiger partial charge in [0, 0.05) is 31.7 Å². The number of amides is 1. The summed E-state index contributed by atoms with van der Waals surface area (Å²) in [4.78, 5) is 20.5. The number of pyridine rings is 1. The molecule has 0 aliphatic carbocycles. The Labute approximate surface area is 171 Å². The highest BCUT2D eigenvalue weighted by Gasteiger charge is 2.36. The Morgan fingerprint density at radius 1 is 1.21 bits per heavy atom. The average molecular weight is 420 g/mol. The molecule has 5 nitrogen and oxygen atoms in total. The standard InChI is InChI=1S/C20H19F3N4OS/c1-26-7-9-27(10-8-26)18(28)13-29-19-15(12-24)16(20(21,22)23)11-17(25-19)14-5-3-2-4-6-14/h2-6,11H,7-10,13H2,1H3. The van der Waals surface area contributed by atoms with Crippen LogP contribution in [0.2, 0.25) is 0 Å². The second-order valence-electron chi connectivity index (χ2n) is 6.68. The van der Waals surface area contributed by atoms with E-state index in [4.69, 9.17) is 0 Å². The molecule has 2 aromatic rings. The molecule has 1 amide bonds. The highest BCUT2D eigenvalue weighted by molar-refractivity contribution is 8.00. The van der Waals surface area contributed by atoms with Crippen molar-refractivity contribution in [2.45, 2.75) is 11.2 Å². The van der Waals surface area contributed by atoms with Gasteiger partial charge in [0.05, 0.1) is 22.6 Å². The van der Waals surface area contributed by atoms with E-state index in [-0.39, 0.29) is 22.4 Å². The van der Waals surface area contributed by atoms with Crippen LogP contribution in [0.1, 0.15) is 11.1 Å². The highest BCUT2D eigenvalue weighted by Crippen LogP contribution is 2.38. The molecule has 1 aliphatic heterocycles. The van der Waals surface area contributed by atoms with Gasteiger partial charge < -0.3 is 9.80 Å². The Kier molecular flexibility index (Phi) is 6.45. The van der Waals surface area contributed by atoms with Crippen molar-refractivity contribution < 1.29 is 18.0 Å². The molecule has 1 saturated heterocycles. The monoisotopic (exact) mass is 420 g/mol. The van der Waals surface area contributed by atoms with Crippen LogP contribution in [-0.2, 0) is 11.0 Å². The van der Waals surface area contributed by atoms with Crippen LogP contribution in [0.3, 0.4) is 0 Å². The molecule has 1 aliphatic rings. The summed E-state index contributed by atoms with van der Waals surface area (Å²) >= 11 is 0.875. The molecule has 1 fully saturated rings. The maximum Gasteiger partial charge on any atom is 0.417 e. The molecule has 0 unspecified atom stereocenters. The molecule has 1 aromatic carbocycles. The fourth-order valence-electron chi connectivity index (χ4n) is 2.99. The first-order valence-corrected chi connectivity index (χ1v) is 9.95. The van der Waals surface area contributed by atoms with Crippen molar-refractivity contribution in [3.05, 3.63) is 47.5 Å². The number of benzene rings is 1. The lowest BCUT2D eigenvalue weighted by molar-refractivity contribution is -0.138. The molecule has 0 saturated carbocycles. The van der Waals surface area contributed by atoms with Crippen molar-refractivity contribution in [1.82, 2.24) is 14.8 Å². The van der Waals surface area contributed by atoms with Crippen LogP contribution < -0.4 is 0 Å². The van der Waals surface area contributed by atoms with E-state index < -0.39 is 17.3 Å². The number of halogens is 3. The average Bonchev–Trinajstić information content (AvgIpc) is 2.71. The van der Waals surface area contributed by atoms with Gasteiger partial charge in [-0.2, -0.15) is 18.4 Å². The topological polar surface area (TPSA) is 60.2 Å². The molecule has 0 N–H and O–H groups in total. The minimum absolute atomic E-state index is 0.0685. The third-order valence-corrected chi connectivity index (χ3v) is 5.62. The van der Waals surface area contributed by atoms with Gasteiger partial charge in [0.2, 0.25) is 5.91 Å². The number of likely N-dealkylation sites (N-methyl/N-ethyl adjacent to an activating group) is 1. The number of nitriles is 1.